The number of Topliss-reactive ketones (excluding diaryl/α,β-unsaturated/α-hetero) is 1. The van der Waals surface area contributed by atoms with Crippen molar-refractivity contribution in [3.63, 3.8) is 0 Å². The van der Waals surface area contributed by atoms with Crippen molar-refractivity contribution in [1.29, 1.82) is 0 Å². The van der Waals surface area contributed by atoms with Crippen LogP contribution in [0.15, 0.2) is 12.4 Å². The van der Waals surface area contributed by atoms with E-state index >= 15 is 0 Å². The third kappa shape index (κ3) is 3.19. The van der Waals surface area contributed by atoms with Gasteiger partial charge in [0, 0.05) is 32.3 Å². The maximum Gasteiger partial charge on any atom is 0.152 e. The summed E-state index contributed by atoms with van der Waals surface area (Å²) in [5.41, 5.74) is -0.380. The first-order valence-electron chi connectivity index (χ1n) is 6.68. The van der Waals surface area contributed by atoms with Gasteiger partial charge in [-0.3, -0.25) is 9.69 Å². The molecule has 0 atom stereocenters. The number of carbonyl (C=O) groups is 1. The zero-order valence-corrected chi connectivity index (χ0v) is 12.2. The first kappa shape index (κ1) is 14.9. The molecule has 0 aliphatic rings. The summed E-state index contributed by atoms with van der Waals surface area (Å²) in [6.07, 6.45) is 4.95. The lowest BCUT2D eigenvalue weighted by Gasteiger charge is -2.35. The molecule has 0 spiro atoms. The van der Waals surface area contributed by atoms with E-state index in [1.807, 2.05) is 31.7 Å². The second-order valence-corrected chi connectivity index (χ2v) is 5.11. The lowest BCUT2D eigenvalue weighted by molar-refractivity contribution is -0.129. The summed E-state index contributed by atoms with van der Waals surface area (Å²) >= 11 is 0. The minimum Gasteiger partial charge on any atom is -0.338 e. The van der Waals surface area contributed by atoms with Gasteiger partial charge in [-0.15, -0.1) is 0 Å². The quantitative estimate of drug-likeness (QED) is 0.744. The van der Waals surface area contributed by atoms with Crippen LogP contribution in [0, 0.1) is 0 Å². The summed E-state index contributed by atoms with van der Waals surface area (Å²) in [6, 6.07) is 0. The minimum atomic E-state index is -0.380. The molecule has 0 unspecified atom stereocenters. The van der Waals surface area contributed by atoms with Crippen LogP contribution >= 0.6 is 0 Å². The fourth-order valence-electron chi connectivity index (χ4n) is 2.36. The van der Waals surface area contributed by atoms with Gasteiger partial charge in [-0.05, 0) is 26.9 Å². The molecule has 18 heavy (non-hydrogen) atoms. The molecule has 4 heteroatoms. The topological polar surface area (TPSA) is 38.1 Å². The standard InChI is InChI=1S/C14H25N3O/c1-6-17(7-2)14(3,4)12(18)8-9-13-15-10-11-16(13)5/h10-11H,6-9H2,1-5H3. The van der Waals surface area contributed by atoms with Crippen molar-refractivity contribution >= 4 is 5.78 Å². The molecule has 1 rings (SSSR count). The van der Waals surface area contributed by atoms with Crippen molar-refractivity contribution in [3.8, 4) is 0 Å². The van der Waals surface area contributed by atoms with E-state index in [1.165, 1.54) is 0 Å². The molecule has 0 N–H and O–H groups in total. The zero-order valence-electron chi connectivity index (χ0n) is 12.2. The zero-order chi connectivity index (χ0) is 13.8. The summed E-state index contributed by atoms with van der Waals surface area (Å²) in [4.78, 5) is 18.8. The molecule has 0 bridgehead atoms. The fourth-order valence-corrected chi connectivity index (χ4v) is 2.36. The van der Waals surface area contributed by atoms with Crippen LogP contribution in [0.3, 0.4) is 0 Å². The van der Waals surface area contributed by atoms with Gasteiger partial charge < -0.3 is 4.57 Å². The Morgan fingerprint density at radius 2 is 2.00 bits per heavy atom. The Morgan fingerprint density at radius 3 is 2.44 bits per heavy atom. The highest BCUT2D eigenvalue weighted by Gasteiger charge is 2.31. The highest BCUT2D eigenvalue weighted by molar-refractivity contribution is 5.87. The summed E-state index contributed by atoms with van der Waals surface area (Å²) in [6.45, 7) is 10.0. The van der Waals surface area contributed by atoms with Crippen LogP contribution in [-0.2, 0) is 18.3 Å². The molecule has 102 valence electrons. The Bertz CT molecular complexity index is 391. The summed E-state index contributed by atoms with van der Waals surface area (Å²) < 4.78 is 1.97. The monoisotopic (exact) mass is 251 g/mol. The molecular weight excluding hydrogens is 226 g/mol. The van der Waals surface area contributed by atoms with Gasteiger partial charge in [-0.1, -0.05) is 13.8 Å². The molecule has 1 heterocycles. The number of aromatic nitrogens is 2. The highest BCUT2D eigenvalue weighted by atomic mass is 16.1. The summed E-state index contributed by atoms with van der Waals surface area (Å²) in [7, 11) is 1.96. The van der Waals surface area contributed by atoms with E-state index in [0.29, 0.717) is 12.8 Å². The number of likely N-dealkylation sites (N-methyl/N-ethyl adjacent to an activating group) is 1. The number of imidazole rings is 1. The molecule has 0 aromatic carbocycles. The van der Waals surface area contributed by atoms with Crippen LogP contribution in [0.25, 0.3) is 0 Å². The predicted octanol–water partition coefficient (Wildman–Crippen LogP) is 2.04. The van der Waals surface area contributed by atoms with Gasteiger partial charge in [0.15, 0.2) is 5.78 Å². The summed E-state index contributed by atoms with van der Waals surface area (Å²) in [5.74, 6) is 1.26. The Labute approximate surface area is 110 Å². The van der Waals surface area contributed by atoms with Crippen molar-refractivity contribution in [2.75, 3.05) is 13.1 Å². The largest absolute Gasteiger partial charge is 0.338 e. The van der Waals surface area contributed by atoms with Crippen LogP contribution < -0.4 is 0 Å². The lowest BCUT2D eigenvalue weighted by Crippen LogP contribution is -2.50. The maximum atomic E-state index is 12.4. The van der Waals surface area contributed by atoms with Gasteiger partial charge in [-0.2, -0.15) is 0 Å². The Morgan fingerprint density at radius 1 is 1.39 bits per heavy atom. The van der Waals surface area contributed by atoms with E-state index in [4.69, 9.17) is 0 Å². The van der Waals surface area contributed by atoms with Gasteiger partial charge in [0.25, 0.3) is 0 Å². The third-order valence-corrected chi connectivity index (χ3v) is 3.73. The van der Waals surface area contributed by atoms with Crippen LogP contribution in [-0.4, -0.2) is 38.9 Å². The number of carbonyl (C=O) groups excluding carboxylic acids is 1. The molecule has 0 aliphatic carbocycles. The van der Waals surface area contributed by atoms with Crippen LogP contribution in [0.1, 0.15) is 39.9 Å². The van der Waals surface area contributed by atoms with E-state index in [9.17, 15) is 4.79 Å². The van der Waals surface area contributed by atoms with E-state index in [0.717, 1.165) is 18.9 Å². The van der Waals surface area contributed by atoms with Crippen LogP contribution in [0.4, 0.5) is 0 Å². The molecule has 4 nitrogen and oxygen atoms in total. The molecule has 0 radical (unpaired) electrons. The predicted molar refractivity (Wildman–Crippen MR) is 73.5 cm³/mol. The molecule has 1 aromatic rings. The lowest BCUT2D eigenvalue weighted by atomic mass is 9.93. The van der Waals surface area contributed by atoms with E-state index in [2.05, 4.69) is 23.7 Å². The number of hydrogen-bond acceptors (Lipinski definition) is 3. The number of aryl methyl sites for hydroxylation is 2. The number of ketones is 1. The molecule has 0 aliphatic heterocycles. The number of rotatable bonds is 7. The normalized spacial score (nSPS) is 12.1. The van der Waals surface area contributed by atoms with Crippen molar-refractivity contribution < 1.29 is 4.79 Å². The SMILES string of the molecule is CCN(CC)C(C)(C)C(=O)CCc1nccn1C. The number of nitrogens with zero attached hydrogens (tertiary/aromatic N) is 3. The molecule has 0 fully saturated rings. The van der Waals surface area contributed by atoms with E-state index < -0.39 is 0 Å². The molecule has 0 amide bonds. The van der Waals surface area contributed by atoms with Crippen LogP contribution in [0.5, 0.6) is 0 Å². The van der Waals surface area contributed by atoms with Crippen LogP contribution in [0.2, 0.25) is 0 Å². The first-order chi connectivity index (χ1) is 8.43. The average molecular weight is 251 g/mol. The van der Waals surface area contributed by atoms with Gasteiger partial charge >= 0.3 is 0 Å². The second kappa shape index (κ2) is 6.14. The first-order valence-corrected chi connectivity index (χ1v) is 6.68. The molecule has 1 aromatic heterocycles. The van der Waals surface area contributed by atoms with Gasteiger partial charge in [-0.25, -0.2) is 4.98 Å². The smallest absolute Gasteiger partial charge is 0.152 e. The Kier molecular flexibility index (Phi) is 5.08. The Hall–Kier alpha value is -1.16. The van der Waals surface area contributed by atoms with E-state index in [1.54, 1.807) is 6.20 Å². The third-order valence-electron chi connectivity index (χ3n) is 3.73. The maximum absolute atomic E-state index is 12.4. The number of hydrogen-bond donors (Lipinski definition) is 0. The molecular formula is C14H25N3O. The van der Waals surface area contributed by atoms with Gasteiger partial charge in [0.1, 0.15) is 5.82 Å². The molecule has 0 saturated heterocycles. The fraction of sp³-hybridized carbons (Fsp3) is 0.714. The highest BCUT2D eigenvalue weighted by Crippen LogP contribution is 2.18. The van der Waals surface area contributed by atoms with Crippen molar-refractivity contribution in [2.45, 2.75) is 46.1 Å². The van der Waals surface area contributed by atoms with Gasteiger partial charge in [0.05, 0.1) is 5.54 Å². The van der Waals surface area contributed by atoms with E-state index in [-0.39, 0.29) is 11.3 Å². The molecule has 0 saturated carbocycles. The summed E-state index contributed by atoms with van der Waals surface area (Å²) in [5, 5.41) is 0. The minimum absolute atomic E-state index is 0.286. The average Bonchev–Trinajstić information content (AvgIpc) is 2.73. The van der Waals surface area contributed by atoms with Crippen molar-refractivity contribution in [3.05, 3.63) is 18.2 Å². The van der Waals surface area contributed by atoms with Gasteiger partial charge in [0.2, 0.25) is 0 Å². The van der Waals surface area contributed by atoms with Crippen molar-refractivity contribution in [1.82, 2.24) is 14.5 Å². The Balaban J connectivity index is 2.62. The second-order valence-electron chi connectivity index (χ2n) is 5.11. The van der Waals surface area contributed by atoms with Crippen molar-refractivity contribution in [2.24, 2.45) is 7.05 Å².